The summed E-state index contributed by atoms with van der Waals surface area (Å²) in [6.07, 6.45) is -11.7. The molecule has 0 aliphatic carbocycles. The maximum atomic E-state index is 13.6. The van der Waals surface area contributed by atoms with Crippen LogP contribution in [0.3, 0.4) is 0 Å². The predicted molar refractivity (Wildman–Crippen MR) is 114 cm³/mol. The Morgan fingerprint density at radius 1 is 1.17 bits per heavy atom. The lowest BCUT2D eigenvalue weighted by atomic mass is 10.0. The van der Waals surface area contributed by atoms with Crippen molar-refractivity contribution >= 4 is 11.7 Å². The van der Waals surface area contributed by atoms with Crippen LogP contribution in [0.15, 0.2) is 40.9 Å². The minimum atomic E-state index is -5.00. The van der Waals surface area contributed by atoms with E-state index in [-0.39, 0.29) is 23.8 Å². The third kappa shape index (κ3) is 5.09. The van der Waals surface area contributed by atoms with E-state index in [0.717, 1.165) is 23.4 Å². The molecule has 1 aromatic heterocycles. The number of benzene rings is 2. The SMILES string of the molecule is COC(=O)CN1CCc2c(-c3noc(-c4ccc(OC(C)C(F)(F)F)c(C(F)(F)F)c4)n3)cccc21. The van der Waals surface area contributed by atoms with Gasteiger partial charge in [0.25, 0.3) is 5.89 Å². The van der Waals surface area contributed by atoms with Gasteiger partial charge in [0.15, 0.2) is 6.10 Å². The fourth-order valence-corrected chi connectivity index (χ4v) is 3.79. The van der Waals surface area contributed by atoms with Crippen molar-refractivity contribution in [3.63, 3.8) is 0 Å². The van der Waals surface area contributed by atoms with Gasteiger partial charge >= 0.3 is 18.3 Å². The molecule has 4 rings (SSSR count). The van der Waals surface area contributed by atoms with Crippen LogP contribution in [0, 0.1) is 0 Å². The monoisotopic (exact) mass is 515 g/mol. The largest absolute Gasteiger partial charge is 0.481 e. The highest BCUT2D eigenvalue weighted by Crippen LogP contribution is 2.41. The van der Waals surface area contributed by atoms with Crippen molar-refractivity contribution in [2.45, 2.75) is 31.8 Å². The number of nitrogens with zero attached hydrogens (tertiary/aromatic N) is 3. The molecule has 2 heterocycles. The minimum absolute atomic E-state index is 0.0477. The number of hydrogen-bond acceptors (Lipinski definition) is 7. The quantitative estimate of drug-likeness (QED) is 0.326. The van der Waals surface area contributed by atoms with Gasteiger partial charge in [0, 0.05) is 23.4 Å². The van der Waals surface area contributed by atoms with E-state index in [2.05, 4.69) is 14.9 Å². The van der Waals surface area contributed by atoms with E-state index < -0.39 is 35.7 Å². The fraction of sp³-hybridized carbons (Fsp3) is 0.348. The Labute approximate surface area is 200 Å². The van der Waals surface area contributed by atoms with E-state index in [1.807, 2.05) is 11.0 Å². The van der Waals surface area contributed by atoms with Crippen LogP contribution < -0.4 is 9.64 Å². The van der Waals surface area contributed by atoms with E-state index >= 15 is 0 Å². The summed E-state index contributed by atoms with van der Waals surface area (Å²) in [7, 11) is 1.29. The predicted octanol–water partition coefficient (Wildman–Crippen LogP) is 5.29. The van der Waals surface area contributed by atoms with Crippen LogP contribution in [0.1, 0.15) is 18.1 Å². The molecule has 0 spiro atoms. The molecular weight excluding hydrogens is 496 g/mol. The van der Waals surface area contributed by atoms with Gasteiger partial charge in [-0.3, -0.25) is 4.79 Å². The topological polar surface area (TPSA) is 77.7 Å². The molecule has 7 nitrogen and oxygen atoms in total. The first-order valence-electron chi connectivity index (χ1n) is 10.6. The van der Waals surface area contributed by atoms with Gasteiger partial charge in [0.2, 0.25) is 5.82 Å². The van der Waals surface area contributed by atoms with E-state index in [0.29, 0.717) is 31.5 Å². The molecule has 0 amide bonds. The molecule has 0 saturated heterocycles. The average molecular weight is 515 g/mol. The van der Waals surface area contributed by atoms with E-state index in [1.54, 1.807) is 12.1 Å². The van der Waals surface area contributed by atoms with Gasteiger partial charge < -0.3 is 18.9 Å². The van der Waals surface area contributed by atoms with Gasteiger partial charge in [-0.05, 0) is 43.2 Å². The van der Waals surface area contributed by atoms with E-state index in [1.165, 1.54) is 7.11 Å². The van der Waals surface area contributed by atoms with E-state index in [4.69, 9.17) is 9.26 Å². The number of anilines is 1. The Morgan fingerprint density at radius 2 is 1.92 bits per heavy atom. The summed E-state index contributed by atoms with van der Waals surface area (Å²) in [5.41, 5.74) is 0.617. The molecule has 1 aliphatic heterocycles. The molecule has 1 unspecified atom stereocenters. The zero-order chi connectivity index (χ0) is 26.3. The summed E-state index contributed by atoms with van der Waals surface area (Å²) in [5, 5.41) is 3.88. The fourth-order valence-electron chi connectivity index (χ4n) is 3.79. The van der Waals surface area contributed by atoms with Crippen LogP contribution >= 0.6 is 0 Å². The first kappa shape index (κ1) is 25.3. The normalized spacial score (nSPS) is 14.5. The van der Waals surface area contributed by atoms with Gasteiger partial charge in [-0.1, -0.05) is 17.3 Å². The summed E-state index contributed by atoms with van der Waals surface area (Å²) >= 11 is 0. The van der Waals surface area contributed by atoms with Crippen LogP contribution in [0.25, 0.3) is 22.8 Å². The molecule has 2 aromatic carbocycles. The van der Waals surface area contributed by atoms with Crippen molar-refractivity contribution in [3.8, 4) is 28.6 Å². The standard InChI is InChI=1S/C23H19F6N3O4/c1-12(22(24,25)26)35-18-7-6-13(10-16(18)23(27,28)29)21-30-20(31-36-21)15-4-3-5-17-14(15)8-9-32(17)11-19(33)34-2/h3-7,10,12H,8-9,11H2,1-2H3. The highest BCUT2D eigenvalue weighted by atomic mass is 19.4. The Morgan fingerprint density at radius 3 is 2.58 bits per heavy atom. The number of rotatable bonds is 6. The van der Waals surface area contributed by atoms with Crippen LogP contribution in [0.4, 0.5) is 32.0 Å². The minimum Gasteiger partial charge on any atom is -0.481 e. The van der Waals surface area contributed by atoms with Crippen LogP contribution in [-0.4, -0.2) is 48.6 Å². The zero-order valence-electron chi connectivity index (χ0n) is 18.9. The molecular formula is C23H19F6N3O4. The van der Waals surface area contributed by atoms with Gasteiger partial charge in [0.1, 0.15) is 12.3 Å². The third-order valence-electron chi connectivity index (χ3n) is 5.63. The Kier molecular flexibility index (Phi) is 6.58. The Bertz CT molecular complexity index is 1270. The maximum Gasteiger partial charge on any atom is 0.425 e. The molecule has 1 aliphatic rings. The zero-order valence-corrected chi connectivity index (χ0v) is 18.9. The lowest BCUT2D eigenvalue weighted by Crippen LogP contribution is -2.31. The van der Waals surface area contributed by atoms with Gasteiger partial charge in [-0.15, -0.1) is 0 Å². The molecule has 0 N–H and O–H groups in total. The van der Waals surface area contributed by atoms with Gasteiger partial charge in [-0.25, -0.2) is 0 Å². The van der Waals surface area contributed by atoms with Crippen LogP contribution in [0.2, 0.25) is 0 Å². The number of carbonyl (C=O) groups is 1. The number of carbonyl (C=O) groups excluding carboxylic acids is 1. The molecule has 192 valence electrons. The second kappa shape index (κ2) is 9.36. The lowest BCUT2D eigenvalue weighted by Gasteiger charge is -2.20. The number of aromatic nitrogens is 2. The Balaban J connectivity index is 1.65. The highest BCUT2D eigenvalue weighted by Gasteiger charge is 2.41. The van der Waals surface area contributed by atoms with Crippen molar-refractivity contribution < 1.29 is 45.1 Å². The third-order valence-corrected chi connectivity index (χ3v) is 5.63. The van der Waals surface area contributed by atoms with Gasteiger partial charge in [0.05, 0.1) is 12.7 Å². The van der Waals surface area contributed by atoms with Crippen molar-refractivity contribution in [3.05, 3.63) is 47.5 Å². The number of halogens is 6. The molecule has 0 saturated carbocycles. The molecule has 0 fully saturated rings. The summed E-state index contributed by atoms with van der Waals surface area (Å²) in [6, 6.07) is 7.74. The van der Waals surface area contributed by atoms with E-state index in [9.17, 15) is 31.1 Å². The first-order valence-corrected chi connectivity index (χ1v) is 10.6. The summed E-state index contributed by atoms with van der Waals surface area (Å²) < 4.78 is 93.6. The van der Waals surface area contributed by atoms with Crippen LogP contribution in [0.5, 0.6) is 5.75 Å². The Hall–Kier alpha value is -3.77. The van der Waals surface area contributed by atoms with Crippen molar-refractivity contribution in [2.24, 2.45) is 0 Å². The number of ether oxygens (including phenoxy) is 2. The molecule has 13 heteroatoms. The van der Waals surface area contributed by atoms with Crippen molar-refractivity contribution in [1.29, 1.82) is 0 Å². The molecule has 0 radical (unpaired) electrons. The second-order valence-corrected chi connectivity index (χ2v) is 7.98. The summed E-state index contributed by atoms with van der Waals surface area (Å²) in [5.74, 6) is -1.52. The van der Waals surface area contributed by atoms with Gasteiger partial charge in [-0.2, -0.15) is 31.3 Å². The maximum absolute atomic E-state index is 13.6. The first-order chi connectivity index (χ1) is 16.9. The highest BCUT2D eigenvalue weighted by molar-refractivity contribution is 5.80. The number of alkyl halides is 6. The molecule has 1 atom stereocenters. The van der Waals surface area contributed by atoms with Crippen molar-refractivity contribution in [2.75, 3.05) is 25.1 Å². The number of fused-ring (bicyclic) bond motifs is 1. The number of esters is 1. The lowest BCUT2D eigenvalue weighted by molar-refractivity contribution is -0.191. The smallest absolute Gasteiger partial charge is 0.425 e. The number of methoxy groups -OCH3 is 1. The summed E-state index contributed by atoms with van der Waals surface area (Å²) in [4.78, 5) is 17.7. The second-order valence-electron chi connectivity index (χ2n) is 7.98. The molecule has 0 bridgehead atoms. The molecule has 3 aromatic rings. The number of hydrogen-bond donors (Lipinski definition) is 0. The van der Waals surface area contributed by atoms with Crippen LogP contribution in [-0.2, 0) is 22.1 Å². The van der Waals surface area contributed by atoms with Crippen molar-refractivity contribution in [1.82, 2.24) is 10.1 Å². The molecule has 36 heavy (non-hydrogen) atoms. The average Bonchev–Trinajstić information content (AvgIpc) is 3.45. The summed E-state index contributed by atoms with van der Waals surface area (Å²) in [6.45, 7) is 1.20.